The Kier molecular flexibility index (Phi) is 5.50. The van der Waals surface area contributed by atoms with Gasteiger partial charge in [0, 0.05) is 35.8 Å². The summed E-state index contributed by atoms with van der Waals surface area (Å²) in [6.07, 6.45) is 2.78. The number of hydrogen-bond acceptors (Lipinski definition) is 5. The Balaban J connectivity index is 1.26. The number of methoxy groups -OCH3 is 1. The van der Waals surface area contributed by atoms with E-state index >= 15 is 0 Å². The number of nitrogens with one attached hydrogen (secondary N) is 2. The van der Waals surface area contributed by atoms with Gasteiger partial charge in [0.25, 0.3) is 5.91 Å². The Bertz CT molecular complexity index is 1250. The second-order valence-corrected chi connectivity index (χ2v) is 9.15. The topological polar surface area (TPSA) is 100 Å². The van der Waals surface area contributed by atoms with Crippen LogP contribution in [0.4, 0.5) is 0 Å². The van der Waals surface area contributed by atoms with E-state index in [4.69, 9.17) is 27.9 Å². The number of H-pyrrole nitrogens is 1. The van der Waals surface area contributed by atoms with Crippen LogP contribution in [0, 0.1) is 5.41 Å². The first-order valence-electron chi connectivity index (χ1n) is 10.5. The van der Waals surface area contributed by atoms with Gasteiger partial charge in [-0.15, -0.1) is 0 Å². The summed E-state index contributed by atoms with van der Waals surface area (Å²) in [4.78, 5) is 31.9. The number of halogens is 2. The summed E-state index contributed by atoms with van der Waals surface area (Å²) in [5.74, 6) is 0.193. The van der Waals surface area contributed by atoms with Crippen molar-refractivity contribution in [2.24, 2.45) is 5.41 Å². The molecule has 8 nitrogen and oxygen atoms in total. The van der Waals surface area contributed by atoms with E-state index < -0.39 is 5.41 Å². The molecule has 33 heavy (non-hydrogen) atoms. The largest absolute Gasteiger partial charge is 0.481 e. The number of pyridine rings is 1. The normalized spacial score (nSPS) is 20.9. The van der Waals surface area contributed by atoms with Gasteiger partial charge >= 0.3 is 0 Å². The van der Waals surface area contributed by atoms with Gasteiger partial charge in [0.05, 0.1) is 29.4 Å². The van der Waals surface area contributed by atoms with Crippen molar-refractivity contribution in [1.29, 1.82) is 0 Å². The fourth-order valence-corrected chi connectivity index (χ4v) is 4.91. The molecule has 1 aromatic carbocycles. The van der Waals surface area contributed by atoms with Crippen LogP contribution < -0.4 is 10.1 Å². The third-order valence-electron chi connectivity index (χ3n) is 6.39. The highest BCUT2D eigenvalue weighted by Crippen LogP contribution is 2.57. The summed E-state index contributed by atoms with van der Waals surface area (Å²) in [5, 5.41) is 11.1. The molecule has 1 aliphatic carbocycles. The van der Waals surface area contributed by atoms with Crippen LogP contribution in [0.5, 0.6) is 5.88 Å². The number of rotatable bonds is 6. The lowest BCUT2D eigenvalue weighted by Gasteiger charge is -2.16. The van der Waals surface area contributed by atoms with Gasteiger partial charge in [0.1, 0.15) is 5.69 Å². The summed E-state index contributed by atoms with van der Waals surface area (Å²) in [5.41, 5.74) is 1.90. The third kappa shape index (κ3) is 3.94. The van der Waals surface area contributed by atoms with Gasteiger partial charge in [-0.05, 0) is 36.6 Å². The van der Waals surface area contributed by atoms with Crippen molar-refractivity contribution in [1.82, 2.24) is 25.4 Å². The van der Waals surface area contributed by atoms with Crippen LogP contribution in [0.1, 0.15) is 28.9 Å². The predicted molar refractivity (Wildman–Crippen MR) is 123 cm³/mol. The molecule has 1 aliphatic heterocycles. The van der Waals surface area contributed by atoms with Crippen molar-refractivity contribution in [3.63, 3.8) is 0 Å². The number of benzene rings is 1. The van der Waals surface area contributed by atoms with E-state index in [-0.39, 0.29) is 17.9 Å². The highest BCUT2D eigenvalue weighted by atomic mass is 35.5. The number of amides is 2. The maximum atomic E-state index is 13.2. The molecular weight excluding hydrogens is 465 g/mol. The number of ether oxygens (including phenoxy) is 1. The molecule has 2 fully saturated rings. The van der Waals surface area contributed by atoms with Crippen LogP contribution in [-0.2, 0) is 11.3 Å². The quantitative estimate of drug-likeness (QED) is 0.554. The minimum absolute atomic E-state index is 0.0243. The molecule has 3 heterocycles. The van der Waals surface area contributed by atoms with Gasteiger partial charge in [-0.2, -0.15) is 5.10 Å². The molecule has 3 aromatic rings. The average Bonchev–Trinajstić information content (AvgIpc) is 3.17. The molecule has 2 aromatic heterocycles. The van der Waals surface area contributed by atoms with E-state index in [2.05, 4.69) is 20.5 Å². The van der Waals surface area contributed by atoms with Crippen molar-refractivity contribution >= 4 is 35.0 Å². The maximum Gasteiger partial charge on any atom is 0.272 e. The molecule has 2 N–H and O–H groups in total. The van der Waals surface area contributed by atoms with Crippen LogP contribution >= 0.6 is 23.2 Å². The summed E-state index contributed by atoms with van der Waals surface area (Å²) in [7, 11) is 1.51. The van der Waals surface area contributed by atoms with E-state index in [1.165, 1.54) is 13.3 Å². The van der Waals surface area contributed by atoms with E-state index in [1.54, 1.807) is 23.1 Å². The van der Waals surface area contributed by atoms with E-state index in [0.717, 1.165) is 5.56 Å². The van der Waals surface area contributed by atoms with Crippen LogP contribution in [0.15, 0.2) is 42.6 Å². The molecule has 2 unspecified atom stereocenters. The predicted octanol–water partition coefficient (Wildman–Crippen LogP) is 3.71. The van der Waals surface area contributed by atoms with Gasteiger partial charge in [0.2, 0.25) is 11.8 Å². The number of piperidine rings is 1. The van der Waals surface area contributed by atoms with Crippen molar-refractivity contribution in [2.75, 3.05) is 13.7 Å². The molecule has 1 saturated heterocycles. The van der Waals surface area contributed by atoms with Crippen LogP contribution in [0.3, 0.4) is 0 Å². The number of likely N-dealkylation sites (tertiary alicyclic amines) is 1. The zero-order chi connectivity index (χ0) is 23.2. The first-order valence-corrected chi connectivity index (χ1v) is 11.3. The standard InChI is InChI=1S/C23H21Cl2N5O3/c1-33-20-8-15(16(25)12-26-20)17-9-18(29-28-17)21(31)30-6-5-23(10-19(23)30)22(32)27-11-13-3-2-4-14(24)7-13/h2-4,7-9,12,19H,5-6,10-11H2,1H3,(H,27,32)(H,28,29). The van der Waals surface area contributed by atoms with Gasteiger partial charge in [0.15, 0.2) is 0 Å². The van der Waals surface area contributed by atoms with Gasteiger partial charge < -0.3 is 15.0 Å². The Hall–Kier alpha value is -3.10. The Morgan fingerprint density at radius 2 is 2.15 bits per heavy atom. The number of fused-ring (bicyclic) bond motifs is 1. The first kappa shape index (κ1) is 21.7. The lowest BCUT2D eigenvalue weighted by Crippen LogP contribution is -2.34. The smallest absolute Gasteiger partial charge is 0.272 e. The molecule has 0 radical (unpaired) electrons. The molecule has 170 valence electrons. The minimum atomic E-state index is -0.515. The van der Waals surface area contributed by atoms with Crippen LogP contribution in [-0.4, -0.2) is 51.6 Å². The highest BCUT2D eigenvalue weighted by Gasteiger charge is 2.67. The Labute approximate surface area is 200 Å². The highest BCUT2D eigenvalue weighted by molar-refractivity contribution is 6.33. The monoisotopic (exact) mass is 485 g/mol. The number of carbonyl (C=O) groups is 2. The fourth-order valence-electron chi connectivity index (χ4n) is 4.50. The number of hydrogen-bond donors (Lipinski definition) is 2. The number of aromatic nitrogens is 3. The summed E-state index contributed by atoms with van der Waals surface area (Å²) in [6.45, 7) is 0.925. The second kappa shape index (κ2) is 8.35. The van der Waals surface area contributed by atoms with Crippen LogP contribution in [0.25, 0.3) is 11.3 Å². The summed E-state index contributed by atoms with van der Waals surface area (Å²) in [6, 6.07) is 10.6. The minimum Gasteiger partial charge on any atom is -0.481 e. The molecular formula is C23H21Cl2N5O3. The summed E-state index contributed by atoms with van der Waals surface area (Å²) < 4.78 is 5.15. The maximum absolute atomic E-state index is 13.2. The molecule has 2 aliphatic rings. The van der Waals surface area contributed by atoms with Gasteiger partial charge in [-0.25, -0.2) is 4.98 Å². The number of carbonyl (C=O) groups excluding carboxylic acids is 2. The fraction of sp³-hybridized carbons (Fsp3) is 0.304. The summed E-state index contributed by atoms with van der Waals surface area (Å²) >= 11 is 12.3. The number of nitrogens with zero attached hydrogens (tertiary/aromatic N) is 3. The zero-order valence-corrected chi connectivity index (χ0v) is 19.3. The number of aromatic amines is 1. The van der Waals surface area contributed by atoms with E-state index in [1.807, 2.05) is 18.2 Å². The van der Waals surface area contributed by atoms with Crippen molar-refractivity contribution in [3.05, 3.63) is 63.9 Å². The third-order valence-corrected chi connectivity index (χ3v) is 6.93. The van der Waals surface area contributed by atoms with E-state index in [9.17, 15) is 9.59 Å². The molecule has 0 bridgehead atoms. The van der Waals surface area contributed by atoms with Crippen molar-refractivity contribution in [3.8, 4) is 17.1 Å². The zero-order valence-electron chi connectivity index (χ0n) is 17.8. The lowest BCUT2D eigenvalue weighted by atomic mass is 10.0. The molecule has 1 saturated carbocycles. The van der Waals surface area contributed by atoms with Gasteiger partial charge in [-0.3, -0.25) is 14.7 Å². The van der Waals surface area contributed by atoms with Crippen molar-refractivity contribution in [2.45, 2.75) is 25.4 Å². The molecule has 5 rings (SSSR count). The Morgan fingerprint density at radius 3 is 2.91 bits per heavy atom. The van der Waals surface area contributed by atoms with Crippen molar-refractivity contribution < 1.29 is 14.3 Å². The molecule has 0 spiro atoms. The SMILES string of the molecule is COc1cc(-c2cc(C(=O)N3CCC4(C(=O)NCc5cccc(Cl)c5)CC34)[nH]n2)c(Cl)cn1. The molecule has 10 heteroatoms. The van der Waals surface area contributed by atoms with E-state index in [0.29, 0.717) is 58.8 Å². The Morgan fingerprint density at radius 1 is 1.30 bits per heavy atom. The molecule has 2 atom stereocenters. The average molecular weight is 486 g/mol. The first-order chi connectivity index (χ1) is 15.9. The second-order valence-electron chi connectivity index (χ2n) is 8.31. The van der Waals surface area contributed by atoms with Crippen LogP contribution in [0.2, 0.25) is 10.0 Å². The lowest BCUT2D eigenvalue weighted by molar-refractivity contribution is -0.126. The van der Waals surface area contributed by atoms with Gasteiger partial charge in [-0.1, -0.05) is 35.3 Å². The molecule has 2 amide bonds.